The van der Waals surface area contributed by atoms with Gasteiger partial charge in [-0.3, -0.25) is 0 Å². The summed E-state index contributed by atoms with van der Waals surface area (Å²) in [6.07, 6.45) is 3.38. The Balaban J connectivity index is 2.46. The Morgan fingerprint density at radius 2 is 2.20 bits per heavy atom. The van der Waals surface area contributed by atoms with Gasteiger partial charge in [0.05, 0.1) is 6.61 Å². The van der Waals surface area contributed by atoms with Crippen molar-refractivity contribution < 1.29 is 13.2 Å². The zero-order valence-electron chi connectivity index (χ0n) is 11.6. The molecule has 0 amide bonds. The number of hydrogen-bond acceptors (Lipinski definition) is 4. The molecular formula is C14H20N2O3S. The first-order valence-corrected chi connectivity index (χ1v) is 8.09. The van der Waals surface area contributed by atoms with Crippen molar-refractivity contribution in [3.63, 3.8) is 0 Å². The fourth-order valence-electron chi connectivity index (χ4n) is 2.06. The van der Waals surface area contributed by atoms with E-state index in [0.717, 1.165) is 12.8 Å². The van der Waals surface area contributed by atoms with Gasteiger partial charge in [0.1, 0.15) is 10.6 Å². The van der Waals surface area contributed by atoms with Gasteiger partial charge in [-0.05, 0) is 38.0 Å². The Labute approximate surface area is 120 Å². The van der Waals surface area contributed by atoms with Crippen molar-refractivity contribution in [2.45, 2.75) is 30.7 Å². The second kappa shape index (κ2) is 5.85. The molecule has 2 N–H and O–H groups in total. The number of rotatable bonds is 7. The fourth-order valence-corrected chi connectivity index (χ4v) is 3.88. The van der Waals surface area contributed by atoms with E-state index in [4.69, 9.17) is 10.5 Å². The van der Waals surface area contributed by atoms with Crippen molar-refractivity contribution in [2.75, 3.05) is 18.9 Å². The van der Waals surface area contributed by atoms with Gasteiger partial charge in [-0.15, -0.1) is 6.58 Å². The van der Waals surface area contributed by atoms with E-state index in [1.165, 1.54) is 10.4 Å². The molecule has 0 aromatic heterocycles. The lowest BCUT2D eigenvalue weighted by molar-refractivity contribution is 0.329. The van der Waals surface area contributed by atoms with Gasteiger partial charge in [0.15, 0.2) is 0 Å². The largest absolute Gasteiger partial charge is 0.492 e. The van der Waals surface area contributed by atoms with Crippen molar-refractivity contribution in [1.29, 1.82) is 0 Å². The molecule has 2 rings (SSSR count). The minimum atomic E-state index is -3.62. The molecule has 1 aromatic rings. The molecule has 1 saturated carbocycles. The molecule has 0 spiro atoms. The van der Waals surface area contributed by atoms with Gasteiger partial charge in [-0.25, -0.2) is 8.42 Å². The Hall–Kier alpha value is -1.53. The zero-order valence-corrected chi connectivity index (χ0v) is 12.4. The standard InChI is InChI=1S/C14H20N2O3S/c1-3-9-16(12-6-7-12)20(17,18)14-10-11(15)5-8-13(14)19-4-2/h3,5,8,10,12H,1,4,6-7,9,15H2,2H3. The van der Waals surface area contributed by atoms with Crippen molar-refractivity contribution in [2.24, 2.45) is 0 Å². The summed E-state index contributed by atoms with van der Waals surface area (Å²) in [7, 11) is -3.62. The van der Waals surface area contributed by atoms with Crippen LogP contribution in [0.25, 0.3) is 0 Å². The Morgan fingerprint density at radius 3 is 2.75 bits per heavy atom. The summed E-state index contributed by atoms with van der Waals surface area (Å²) in [6.45, 7) is 6.15. The number of nitrogens with zero attached hydrogens (tertiary/aromatic N) is 1. The van der Waals surface area contributed by atoms with Crippen LogP contribution < -0.4 is 10.5 Å². The molecule has 0 aliphatic heterocycles. The summed E-state index contributed by atoms with van der Waals surface area (Å²) in [4.78, 5) is 0.133. The number of hydrogen-bond donors (Lipinski definition) is 1. The molecule has 5 nitrogen and oxygen atoms in total. The number of nitrogens with two attached hydrogens (primary N) is 1. The second-order valence-electron chi connectivity index (χ2n) is 4.73. The lowest BCUT2D eigenvalue weighted by Crippen LogP contribution is -2.33. The second-order valence-corrected chi connectivity index (χ2v) is 6.59. The van der Waals surface area contributed by atoms with Gasteiger partial charge < -0.3 is 10.5 Å². The number of sulfonamides is 1. The predicted octanol–water partition coefficient (Wildman–Crippen LogP) is 2.01. The van der Waals surface area contributed by atoms with Crippen LogP contribution in [0.15, 0.2) is 35.7 Å². The lowest BCUT2D eigenvalue weighted by Gasteiger charge is -2.22. The van der Waals surface area contributed by atoms with E-state index in [2.05, 4.69) is 6.58 Å². The highest BCUT2D eigenvalue weighted by atomic mass is 32.2. The van der Waals surface area contributed by atoms with Crippen LogP contribution in [0.5, 0.6) is 5.75 Å². The Morgan fingerprint density at radius 1 is 1.50 bits per heavy atom. The summed E-state index contributed by atoms with van der Waals surface area (Å²) < 4.78 is 32.5. The molecule has 1 fully saturated rings. The van der Waals surface area contributed by atoms with Gasteiger partial charge in [-0.2, -0.15) is 4.31 Å². The molecule has 1 aliphatic rings. The van der Waals surface area contributed by atoms with E-state index in [0.29, 0.717) is 24.6 Å². The van der Waals surface area contributed by atoms with E-state index < -0.39 is 10.0 Å². The van der Waals surface area contributed by atoms with Gasteiger partial charge in [-0.1, -0.05) is 6.08 Å². The molecule has 6 heteroatoms. The number of anilines is 1. The van der Waals surface area contributed by atoms with Crippen LogP contribution in [0.2, 0.25) is 0 Å². The quantitative estimate of drug-likeness (QED) is 0.617. The summed E-state index contributed by atoms with van der Waals surface area (Å²) in [5.74, 6) is 0.344. The molecule has 0 bridgehead atoms. The van der Waals surface area contributed by atoms with E-state index in [9.17, 15) is 8.42 Å². The third-order valence-corrected chi connectivity index (χ3v) is 5.06. The maximum atomic E-state index is 12.8. The highest BCUT2D eigenvalue weighted by Crippen LogP contribution is 2.35. The summed E-state index contributed by atoms with van der Waals surface area (Å²) in [6, 6.07) is 4.76. The van der Waals surface area contributed by atoms with Crippen LogP contribution in [-0.4, -0.2) is 31.9 Å². The third kappa shape index (κ3) is 2.96. The van der Waals surface area contributed by atoms with Crippen LogP contribution in [0.4, 0.5) is 5.69 Å². The van der Waals surface area contributed by atoms with Crippen LogP contribution in [-0.2, 0) is 10.0 Å². The zero-order chi connectivity index (χ0) is 14.8. The average Bonchev–Trinajstić information content (AvgIpc) is 3.22. The smallest absolute Gasteiger partial charge is 0.247 e. The van der Waals surface area contributed by atoms with Crippen molar-refractivity contribution in [3.8, 4) is 5.75 Å². The molecule has 20 heavy (non-hydrogen) atoms. The highest BCUT2D eigenvalue weighted by Gasteiger charge is 2.38. The molecule has 110 valence electrons. The van der Waals surface area contributed by atoms with Crippen LogP contribution in [0.1, 0.15) is 19.8 Å². The topological polar surface area (TPSA) is 72.6 Å². The number of ether oxygens (including phenoxy) is 1. The van der Waals surface area contributed by atoms with E-state index in [1.807, 2.05) is 6.92 Å². The van der Waals surface area contributed by atoms with E-state index >= 15 is 0 Å². The minimum absolute atomic E-state index is 0.0638. The Kier molecular flexibility index (Phi) is 4.35. The first-order chi connectivity index (χ1) is 9.50. The molecule has 0 radical (unpaired) electrons. The highest BCUT2D eigenvalue weighted by molar-refractivity contribution is 7.89. The third-order valence-electron chi connectivity index (χ3n) is 3.12. The number of benzene rings is 1. The van der Waals surface area contributed by atoms with Gasteiger partial charge in [0.2, 0.25) is 10.0 Å². The summed E-state index contributed by atoms with van der Waals surface area (Å²) in [5.41, 5.74) is 6.13. The summed E-state index contributed by atoms with van der Waals surface area (Å²) in [5, 5.41) is 0. The van der Waals surface area contributed by atoms with E-state index in [-0.39, 0.29) is 10.9 Å². The maximum absolute atomic E-state index is 12.8. The molecule has 1 aromatic carbocycles. The van der Waals surface area contributed by atoms with Gasteiger partial charge in [0.25, 0.3) is 0 Å². The maximum Gasteiger partial charge on any atom is 0.247 e. The first-order valence-electron chi connectivity index (χ1n) is 6.65. The first kappa shape index (κ1) is 14.9. The van der Waals surface area contributed by atoms with E-state index in [1.54, 1.807) is 18.2 Å². The van der Waals surface area contributed by atoms with Crippen LogP contribution in [0.3, 0.4) is 0 Å². The molecule has 0 heterocycles. The molecule has 1 aliphatic carbocycles. The lowest BCUT2D eigenvalue weighted by atomic mass is 10.3. The molecule has 0 unspecified atom stereocenters. The average molecular weight is 296 g/mol. The predicted molar refractivity (Wildman–Crippen MR) is 79.1 cm³/mol. The van der Waals surface area contributed by atoms with Gasteiger partial charge in [0, 0.05) is 18.3 Å². The van der Waals surface area contributed by atoms with Crippen molar-refractivity contribution in [3.05, 3.63) is 30.9 Å². The number of nitrogen functional groups attached to an aromatic ring is 1. The molecular weight excluding hydrogens is 276 g/mol. The van der Waals surface area contributed by atoms with Crippen molar-refractivity contribution in [1.82, 2.24) is 4.31 Å². The summed E-state index contributed by atoms with van der Waals surface area (Å²) >= 11 is 0. The Bertz CT molecular complexity index is 594. The molecule has 0 atom stereocenters. The minimum Gasteiger partial charge on any atom is -0.492 e. The monoisotopic (exact) mass is 296 g/mol. The fraction of sp³-hybridized carbons (Fsp3) is 0.429. The molecule has 0 saturated heterocycles. The normalized spacial score (nSPS) is 15.3. The van der Waals surface area contributed by atoms with Gasteiger partial charge >= 0.3 is 0 Å². The SMILES string of the molecule is C=CCN(C1CC1)S(=O)(=O)c1cc(N)ccc1OCC. The van der Waals surface area contributed by atoms with Crippen LogP contribution in [0, 0.1) is 0 Å². The van der Waals surface area contributed by atoms with Crippen LogP contribution >= 0.6 is 0 Å². The van der Waals surface area contributed by atoms with Crippen molar-refractivity contribution >= 4 is 15.7 Å².